The molecule has 1 aromatic carbocycles. The molecule has 0 aromatic heterocycles. The monoisotopic (exact) mass is 261 g/mol. The van der Waals surface area contributed by atoms with E-state index >= 15 is 0 Å². The van der Waals surface area contributed by atoms with Crippen LogP contribution in [0.5, 0.6) is 0 Å². The molecule has 0 radical (unpaired) electrons. The molecule has 0 spiro atoms. The number of carbonyl (C=O) groups excluding carboxylic acids is 1. The maximum Gasteiger partial charge on any atom is 0.221 e. The lowest BCUT2D eigenvalue weighted by Gasteiger charge is -2.22. The van der Waals surface area contributed by atoms with Crippen molar-refractivity contribution in [3.05, 3.63) is 29.8 Å². The Bertz CT molecular complexity index is 414. The van der Waals surface area contributed by atoms with Crippen molar-refractivity contribution < 1.29 is 4.79 Å². The van der Waals surface area contributed by atoms with Gasteiger partial charge in [0, 0.05) is 44.3 Å². The quantitative estimate of drug-likeness (QED) is 0.863. The molecule has 1 heterocycles. The van der Waals surface area contributed by atoms with Gasteiger partial charge < -0.3 is 15.5 Å². The molecule has 1 amide bonds. The van der Waals surface area contributed by atoms with Gasteiger partial charge in [-0.2, -0.15) is 0 Å². The molecular weight excluding hydrogens is 238 g/mol. The topological polar surface area (TPSA) is 44.4 Å². The van der Waals surface area contributed by atoms with Gasteiger partial charge in [-0.15, -0.1) is 0 Å². The Labute approximate surface area is 115 Å². The number of hydrogen-bond acceptors (Lipinski definition) is 3. The van der Waals surface area contributed by atoms with Gasteiger partial charge in [-0.05, 0) is 17.7 Å². The number of nitrogens with zero attached hydrogens (tertiary/aromatic N) is 1. The van der Waals surface area contributed by atoms with Crippen molar-refractivity contribution in [1.29, 1.82) is 0 Å². The third-order valence-corrected chi connectivity index (χ3v) is 3.33. The van der Waals surface area contributed by atoms with Crippen molar-refractivity contribution in [1.82, 2.24) is 10.6 Å². The van der Waals surface area contributed by atoms with Gasteiger partial charge in [0.2, 0.25) is 5.91 Å². The van der Waals surface area contributed by atoms with Crippen LogP contribution >= 0.6 is 0 Å². The summed E-state index contributed by atoms with van der Waals surface area (Å²) in [5.74, 6) is 0.153. The second kappa shape index (κ2) is 6.57. The van der Waals surface area contributed by atoms with Gasteiger partial charge >= 0.3 is 0 Å². The van der Waals surface area contributed by atoms with Crippen LogP contribution < -0.4 is 15.5 Å². The molecule has 1 aliphatic heterocycles. The predicted octanol–water partition coefficient (Wildman–Crippen LogP) is 1.51. The Morgan fingerprint density at radius 3 is 2.68 bits per heavy atom. The summed E-state index contributed by atoms with van der Waals surface area (Å²) >= 11 is 0. The molecule has 0 saturated carbocycles. The molecule has 1 fully saturated rings. The van der Waals surface area contributed by atoms with Crippen LogP contribution in [0.2, 0.25) is 0 Å². The first-order valence-electron chi connectivity index (χ1n) is 6.99. The van der Waals surface area contributed by atoms with Gasteiger partial charge in [0.25, 0.3) is 0 Å². The molecular formula is C15H23N3O. The van der Waals surface area contributed by atoms with E-state index in [0.717, 1.165) is 26.2 Å². The Hall–Kier alpha value is -1.55. The largest absolute Gasteiger partial charge is 0.369 e. The number of benzene rings is 1. The fourth-order valence-electron chi connectivity index (χ4n) is 2.17. The molecule has 0 atom stereocenters. The number of hydrogen-bond donors (Lipinski definition) is 2. The molecule has 1 aliphatic rings. The number of anilines is 1. The van der Waals surface area contributed by atoms with Gasteiger partial charge in [-0.3, -0.25) is 4.79 Å². The normalized spacial score (nSPS) is 16.4. The first kappa shape index (κ1) is 13.9. The first-order chi connectivity index (χ1) is 9.15. The summed E-state index contributed by atoms with van der Waals surface area (Å²) in [6, 6.07) is 9.11. The summed E-state index contributed by atoms with van der Waals surface area (Å²) in [5, 5.41) is 6.31. The molecule has 0 unspecified atom stereocenters. The average Bonchev–Trinajstić information content (AvgIpc) is 2.62. The van der Waals surface area contributed by atoms with Crippen molar-refractivity contribution in [3.8, 4) is 0 Å². The summed E-state index contributed by atoms with van der Waals surface area (Å²) in [6.45, 7) is 7.61. The highest BCUT2D eigenvalue weighted by molar-refractivity contribution is 5.77. The van der Waals surface area contributed by atoms with E-state index in [4.69, 9.17) is 0 Å². The minimum Gasteiger partial charge on any atom is -0.369 e. The van der Waals surface area contributed by atoms with Crippen molar-refractivity contribution in [2.24, 2.45) is 0 Å². The number of amides is 1. The fourth-order valence-corrected chi connectivity index (χ4v) is 2.17. The molecule has 1 saturated heterocycles. The molecule has 104 valence electrons. The van der Waals surface area contributed by atoms with E-state index < -0.39 is 0 Å². The van der Waals surface area contributed by atoms with Crippen LogP contribution in [0, 0.1) is 0 Å². The molecule has 1 aromatic rings. The van der Waals surface area contributed by atoms with E-state index in [1.165, 1.54) is 11.3 Å². The zero-order valence-electron chi connectivity index (χ0n) is 11.8. The van der Waals surface area contributed by atoms with E-state index in [9.17, 15) is 4.79 Å². The van der Waals surface area contributed by atoms with Crippen LogP contribution in [0.4, 0.5) is 5.69 Å². The SMILES string of the molecule is CC(C)NCc1ccc(N2CCNC(=O)CC2)cc1. The van der Waals surface area contributed by atoms with Crippen molar-refractivity contribution in [3.63, 3.8) is 0 Å². The van der Waals surface area contributed by atoms with Crippen LogP contribution in [0.15, 0.2) is 24.3 Å². The Balaban J connectivity index is 1.95. The summed E-state index contributed by atoms with van der Waals surface area (Å²) in [7, 11) is 0. The highest BCUT2D eigenvalue weighted by atomic mass is 16.1. The second-order valence-corrected chi connectivity index (χ2v) is 5.29. The van der Waals surface area contributed by atoms with E-state index in [1.54, 1.807) is 0 Å². The second-order valence-electron chi connectivity index (χ2n) is 5.29. The van der Waals surface area contributed by atoms with Gasteiger partial charge in [0.15, 0.2) is 0 Å². The van der Waals surface area contributed by atoms with Crippen LogP contribution in [-0.4, -0.2) is 31.6 Å². The minimum absolute atomic E-state index is 0.153. The smallest absolute Gasteiger partial charge is 0.221 e. The molecule has 0 bridgehead atoms. The molecule has 19 heavy (non-hydrogen) atoms. The Morgan fingerprint density at radius 2 is 2.00 bits per heavy atom. The lowest BCUT2D eigenvalue weighted by Crippen LogP contribution is -2.28. The zero-order chi connectivity index (χ0) is 13.7. The fraction of sp³-hybridized carbons (Fsp3) is 0.533. The van der Waals surface area contributed by atoms with E-state index in [1.807, 2.05) is 0 Å². The van der Waals surface area contributed by atoms with Crippen LogP contribution in [-0.2, 0) is 11.3 Å². The average molecular weight is 261 g/mol. The summed E-state index contributed by atoms with van der Waals surface area (Å²) in [5.41, 5.74) is 2.49. The molecule has 2 rings (SSSR count). The van der Waals surface area contributed by atoms with Gasteiger partial charge in [0.1, 0.15) is 0 Å². The number of rotatable bonds is 4. The highest BCUT2D eigenvalue weighted by Gasteiger charge is 2.13. The van der Waals surface area contributed by atoms with Crippen LogP contribution in [0.1, 0.15) is 25.8 Å². The summed E-state index contributed by atoms with van der Waals surface area (Å²) < 4.78 is 0. The maximum atomic E-state index is 11.3. The molecule has 4 nitrogen and oxygen atoms in total. The van der Waals surface area contributed by atoms with Crippen molar-refractivity contribution >= 4 is 11.6 Å². The first-order valence-corrected chi connectivity index (χ1v) is 6.99. The molecule has 0 aliphatic carbocycles. The summed E-state index contributed by atoms with van der Waals surface area (Å²) in [6.07, 6.45) is 0.580. The minimum atomic E-state index is 0.153. The van der Waals surface area contributed by atoms with Crippen molar-refractivity contribution in [2.45, 2.75) is 32.9 Å². The van der Waals surface area contributed by atoms with E-state index in [0.29, 0.717) is 12.5 Å². The lowest BCUT2D eigenvalue weighted by atomic mass is 10.2. The van der Waals surface area contributed by atoms with Gasteiger partial charge in [0.05, 0.1) is 0 Å². The third-order valence-electron chi connectivity index (χ3n) is 3.33. The predicted molar refractivity (Wildman–Crippen MR) is 78.3 cm³/mol. The summed E-state index contributed by atoms with van der Waals surface area (Å²) in [4.78, 5) is 13.6. The number of nitrogens with one attached hydrogen (secondary N) is 2. The van der Waals surface area contributed by atoms with E-state index in [2.05, 4.69) is 53.6 Å². The van der Waals surface area contributed by atoms with Gasteiger partial charge in [-0.1, -0.05) is 26.0 Å². The molecule has 4 heteroatoms. The van der Waals surface area contributed by atoms with Gasteiger partial charge in [-0.25, -0.2) is 0 Å². The number of carbonyl (C=O) groups is 1. The van der Waals surface area contributed by atoms with Crippen molar-refractivity contribution in [2.75, 3.05) is 24.5 Å². The Kier molecular flexibility index (Phi) is 4.80. The zero-order valence-corrected chi connectivity index (χ0v) is 11.8. The maximum absolute atomic E-state index is 11.3. The van der Waals surface area contributed by atoms with Crippen LogP contribution in [0.3, 0.4) is 0 Å². The molecule has 2 N–H and O–H groups in total. The third kappa shape index (κ3) is 4.24. The highest BCUT2D eigenvalue weighted by Crippen LogP contribution is 2.16. The standard InChI is InChI=1S/C15H23N3O/c1-12(2)17-11-13-3-5-14(6-4-13)18-9-7-15(19)16-8-10-18/h3-6,12,17H,7-11H2,1-2H3,(H,16,19). The van der Waals surface area contributed by atoms with E-state index in [-0.39, 0.29) is 5.91 Å². The Morgan fingerprint density at radius 1 is 1.26 bits per heavy atom. The lowest BCUT2D eigenvalue weighted by molar-refractivity contribution is -0.120. The van der Waals surface area contributed by atoms with Crippen LogP contribution in [0.25, 0.3) is 0 Å².